The van der Waals surface area contributed by atoms with Crippen LogP contribution in [0.2, 0.25) is 0 Å². The van der Waals surface area contributed by atoms with Crippen molar-refractivity contribution in [1.29, 1.82) is 0 Å². The molecule has 0 aliphatic carbocycles. The van der Waals surface area contributed by atoms with E-state index in [2.05, 4.69) is 11.0 Å². The molecule has 1 saturated heterocycles. The summed E-state index contributed by atoms with van der Waals surface area (Å²) in [5, 5.41) is 0. The summed E-state index contributed by atoms with van der Waals surface area (Å²) in [7, 11) is 0. The van der Waals surface area contributed by atoms with Crippen LogP contribution < -0.4 is 0 Å². The van der Waals surface area contributed by atoms with Crippen molar-refractivity contribution in [2.24, 2.45) is 0 Å². The molecular weight excluding hydrogens is 193 g/mol. The molecule has 3 heteroatoms. The molecular formula is C12H15FNO. The Kier molecular flexibility index (Phi) is 3.69. The molecule has 1 aliphatic rings. The fraction of sp³-hybridized carbons (Fsp3) is 0.500. The topological polar surface area (TPSA) is 12.5 Å². The van der Waals surface area contributed by atoms with Crippen molar-refractivity contribution in [3.63, 3.8) is 0 Å². The maximum atomic E-state index is 13.3. The summed E-state index contributed by atoms with van der Waals surface area (Å²) in [5.41, 5.74) is 0.778. The summed E-state index contributed by atoms with van der Waals surface area (Å²) in [6.45, 7) is 4.42. The molecule has 0 bridgehead atoms. The van der Waals surface area contributed by atoms with Crippen LogP contribution in [0.25, 0.3) is 0 Å². The minimum absolute atomic E-state index is 0.147. The Labute approximate surface area is 89.7 Å². The van der Waals surface area contributed by atoms with E-state index in [1.165, 1.54) is 6.07 Å². The SMILES string of the molecule is Fc1c[c]ccc1CCN1CCOCC1. The van der Waals surface area contributed by atoms with Gasteiger partial charge >= 0.3 is 0 Å². The lowest BCUT2D eigenvalue weighted by Crippen LogP contribution is -2.37. The molecule has 1 aliphatic heterocycles. The number of morpholine rings is 1. The zero-order valence-electron chi connectivity index (χ0n) is 8.71. The lowest BCUT2D eigenvalue weighted by Gasteiger charge is -2.26. The van der Waals surface area contributed by atoms with Gasteiger partial charge in [0.2, 0.25) is 0 Å². The van der Waals surface area contributed by atoms with Crippen LogP contribution in [-0.2, 0) is 11.2 Å². The second-order valence-corrected chi connectivity index (χ2v) is 3.72. The number of nitrogens with zero attached hydrogens (tertiary/aromatic N) is 1. The average molecular weight is 208 g/mol. The first kappa shape index (κ1) is 10.6. The Bertz CT molecular complexity index is 310. The first-order valence-electron chi connectivity index (χ1n) is 5.31. The standard InChI is InChI=1S/C12H15FNO/c13-12-4-2-1-3-11(12)5-6-14-7-9-15-10-8-14/h1,3-4H,5-10H2. The molecule has 1 aromatic carbocycles. The van der Waals surface area contributed by atoms with Crippen molar-refractivity contribution < 1.29 is 9.13 Å². The van der Waals surface area contributed by atoms with Crippen LogP contribution >= 0.6 is 0 Å². The molecule has 0 aromatic heterocycles. The smallest absolute Gasteiger partial charge is 0.127 e. The van der Waals surface area contributed by atoms with Crippen LogP contribution in [0, 0.1) is 11.9 Å². The van der Waals surface area contributed by atoms with Gasteiger partial charge in [0.15, 0.2) is 0 Å². The highest BCUT2D eigenvalue weighted by molar-refractivity contribution is 5.16. The van der Waals surface area contributed by atoms with E-state index < -0.39 is 0 Å². The van der Waals surface area contributed by atoms with Crippen LogP contribution in [0.3, 0.4) is 0 Å². The van der Waals surface area contributed by atoms with E-state index in [1.54, 1.807) is 12.1 Å². The number of halogens is 1. The Morgan fingerprint density at radius 2 is 2.20 bits per heavy atom. The summed E-state index contributed by atoms with van der Waals surface area (Å²) in [6, 6.07) is 7.69. The maximum Gasteiger partial charge on any atom is 0.127 e. The molecule has 1 heterocycles. The van der Waals surface area contributed by atoms with Crippen molar-refractivity contribution in [1.82, 2.24) is 4.90 Å². The number of ether oxygens (including phenoxy) is 1. The largest absolute Gasteiger partial charge is 0.379 e. The molecule has 0 atom stereocenters. The van der Waals surface area contributed by atoms with E-state index in [0.717, 1.165) is 44.8 Å². The third kappa shape index (κ3) is 3.01. The van der Waals surface area contributed by atoms with E-state index in [1.807, 2.05) is 0 Å². The van der Waals surface area contributed by atoms with Gasteiger partial charge in [-0.15, -0.1) is 0 Å². The molecule has 1 radical (unpaired) electrons. The molecule has 0 saturated carbocycles. The average Bonchev–Trinajstić information content (AvgIpc) is 2.29. The molecule has 2 rings (SSSR count). The molecule has 15 heavy (non-hydrogen) atoms. The van der Waals surface area contributed by atoms with Gasteiger partial charge in [-0.25, -0.2) is 4.39 Å². The van der Waals surface area contributed by atoms with Crippen LogP contribution in [0.4, 0.5) is 4.39 Å². The van der Waals surface area contributed by atoms with E-state index >= 15 is 0 Å². The van der Waals surface area contributed by atoms with Gasteiger partial charge in [-0.05, 0) is 24.1 Å². The highest BCUT2D eigenvalue weighted by atomic mass is 19.1. The lowest BCUT2D eigenvalue weighted by atomic mass is 10.1. The number of hydrogen-bond acceptors (Lipinski definition) is 2. The van der Waals surface area contributed by atoms with E-state index in [-0.39, 0.29) is 5.82 Å². The maximum absolute atomic E-state index is 13.3. The van der Waals surface area contributed by atoms with Crippen LogP contribution in [0.15, 0.2) is 18.2 Å². The third-order valence-corrected chi connectivity index (χ3v) is 2.70. The van der Waals surface area contributed by atoms with Crippen molar-refractivity contribution >= 4 is 0 Å². The molecule has 0 spiro atoms. The zero-order chi connectivity index (χ0) is 10.5. The summed E-state index contributed by atoms with van der Waals surface area (Å²) >= 11 is 0. The van der Waals surface area contributed by atoms with E-state index in [0.29, 0.717) is 0 Å². The van der Waals surface area contributed by atoms with Gasteiger partial charge < -0.3 is 4.74 Å². The summed E-state index contributed by atoms with van der Waals surface area (Å²) < 4.78 is 18.5. The Balaban J connectivity index is 1.84. The molecule has 0 amide bonds. The predicted octanol–water partition coefficient (Wildman–Crippen LogP) is 1.50. The fourth-order valence-corrected chi connectivity index (χ4v) is 1.75. The second-order valence-electron chi connectivity index (χ2n) is 3.72. The molecule has 81 valence electrons. The lowest BCUT2D eigenvalue weighted by molar-refractivity contribution is 0.0383. The summed E-state index contributed by atoms with van der Waals surface area (Å²) in [6.07, 6.45) is 0.764. The Hall–Kier alpha value is -0.930. The van der Waals surface area contributed by atoms with Gasteiger partial charge in [0, 0.05) is 19.6 Å². The van der Waals surface area contributed by atoms with E-state index in [9.17, 15) is 4.39 Å². The van der Waals surface area contributed by atoms with Crippen LogP contribution in [-0.4, -0.2) is 37.7 Å². The molecule has 1 fully saturated rings. The molecule has 0 unspecified atom stereocenters. The van der Waals surface area contributed by atoms with Crippen molar-refractivity contribution in [3.05, 3.63) is 35.6 Å². The quantitative estimate of drug-likeness (QED) is 0.746. The second kappa shape index (κ2) is 5.24. The molecule has 2 nitrogen and oxygen atoms in total. The molecule has 1 aromatic rings. The highest BCUT2D eigenvalue weighted by Crippen LogP contribution is 2.08. The van der Waals surface area contributed by atoms with Gasteiger partial charge in [-0.3, -0.25) is 4.90 Å². The van der Waals surface area contributed by atoms with Gasteiger partial charge in [-0.1, -0.05) is 12.1 Å². The Morgan fingerprint density at radius 3 is 2.93 bits per heavy atom. The van der Waals surface area contributed by atoms with Crippen LogP contribution in [0.5, 0.6) is 0 Å². The Morgan fingerprint density at radius 1 is 1.40 bits per heavy atom. The van der Waals surface area contributed by atoms with Gasteiger partial charge in [0.25, 0.3) is 0 Å². The third-order valence-electron chi connectivity index (χ3n) is 2.70. The first-order valence-corrected chi connectivity index (χ1v) is 5.31. The minimum Gasteiger partial charge on any atom is -0.379 e. The monoisotopic (exact) mass is 208 g/mol. The van der Waals surface area contributed by atoms with Gasteiger partial charge in [0.05, 0.1) is 13.2 Å². The predicted molar refractivity (Wildman–Crippen MR) is 56.2 cm³/mol. The van der Waals surface area contributed by atoms with Crippen LogP contribution in [0.1, 0.15) is 5.56 Å². The number of benzene rings is 1. The fourth-order valence-electron chi connectivity index (χ4n) is 1.75. The van der Waals surface area contributed by atoms with Crippen molar-refractivity contribution in [3.8, 4) is 0 Å². The normalized spacial score (nSPS) is 17.9. The molecule has 0 N–H and O–H groups in total. The van der Waals surface area contributed by atoms with E-state index in [4.69, 9.17) is 4.74 Å². The van der Waals surface area contributed by atoms with Crippen molar-refractivity contribution in [2.75, 3.05) is 32.8 Å². The number of hydrogen-bond donors (Lipinski definition) is 0. The first-order chi connectivity index (χ1) is 7.36. The van der Waals surface area contributed by atoms with Gasteiger partial charge in [-0.2, -0.15) is 0 Å². The zero-order valence-corrected chi connectivity index (χ0v) is 8.71. The van der Waals surface area contributed by atoms with Crippen molar-refractivity contribution in [2.45, 2.75) is 6.42 Å². The minimum atomic E-state index is -0.147. The number of rotatable bonds is 3. The highest BCUT2D eigenvalue weighted by Gasteiger charge is 2.10. The summed E-state index contributed by atoms with van der Waals surface area (Å²) in [5.74, 6) is -0.147. The summed E-state index contributed by atoms with van der Waals surface area (Å²) in [4.78, 5) is 2.31. The van der Waals surface area contributed by atoms with Gasteiger partial charge in [0.1, 0.15) is 5.82 Å².